The maximum absolute atomic E-state index is 11.5. The molecule has 16 heavy (non-hydrogen) atoms. The molecule has 1 atom stereocenters. The first kappa shape index (κ1) is 12.6. The number of nitrogens with two attached hydrogens (primary N) is 1. The first-order chi connectivity index (χ1) is 7.63. The fourth-order valence-electron chi connectivity index (χ4n) is 1.27. The molecular formula is C10H18N4O2. The van der Waals surface area contributed by atoms with Gasteiger partial charge in [-0.15, -0.1) is 0 Å². The highest BCUT2D eigenvalue weighted by molar-refractivity contribution is 5.81. The molecule has 0 saturated heterocycles. The average molecular weight is 226 g/mol. The molecule has 0 bridgehead atoms. The SMILES string of the molecule is CCCC[C@H](N)C(=O)NCc1noc(C)n1. The van der Waals surface area contributed by atoms with Gasteiger partial charge >= 0.3 is 0 Å². The normalized spacial score (nSPS) is 12.4. The zero-order valence-electron chi connectivity index (χ0n) is 9.69. The predicted molar refractivity (Wildman–Crippen MR) is 58.4 cm³/mol. The van der Waals surface area contributed by atoms with Crippen LogP contribution in [0, 0.1) is 6.92 Å². The highest BCUT2D eigenvalue weighted by Crippen LogP contribution is 1.99. The molecule has 0 aromatic carbocycles. The molecule has 0 aliphatic rings. The summed E-state index contributed by atoms with van der Waals surface area (Å²) in [4.78, 5) is 15.5. The summed E-state index contributed by atoms with van der Waals surface area (Å²) in [5.74, 6) is 0.781. The number of aryl methyl sites for hydroxylation is 1. The van der Waals surface area contributed by atoms with Crippen molar-refractivity contribution in [3.05, 3.63) is 11.7 Å². The monoisotopic (exact) mass is 226 g/mol. The molecule has 3 N–H and O–H groups in total. The summed E-state index contributed by atoms with van der Waals surface area (Å²) in [7, 11) is 0. The molecule has 90 valence electrons. The second kappa shape index (κ2) is 6.22. The van der Waals surface area contributed by atoms with E-state index in [-0.39, 0.29) is 12.5 Å². The molecule has 1 aromatic rings. The van der Waals surface area contributed by atoms with Crippen LogP contribution in [-0.4, -0.2) is 22.1 Å². The average Bonchev–Trinajstić information content (AvgIpc) is 2.68. The number of carbonyl (C=O) groups excluding carboxylic acids is 1. The lowest BCUT2D eigenvalue weighted by atomic mass is 10.1. The Kier molecular flexibility index (Phi) is 4.91. The lowest BCUT2D eigenvalue weighted by Gasteiger charge is -2.09. The van der Waals surface area contributed by atoms with Crippen molar-refractivity contribution in [2.45, 2.75) is 45.7 Å². The first-order valence-electron chi connectivity index (χ1n) is 5.46. The number of nitrogens with one attached hydrogen (secondary N) is 1. The van der Waals surface area contributed by atoms with E-state index in [0.29, 0.717) is 18.1 Å². The third-order valence-corrected chi connectivity index (χ3v) is 2.20. The topological polar surface area (TPSA) is 94.0 Å². The van der Waals surface area contributed by atoms with Gasteiger partial charge in [0, 0.05) is 6.92 Å². The van der Waals surface area contributed by atoms with Gasteiger partial charge < -0.3 is 15.6 Å². The minimum atomic E-state index is -0.451. The molecule has 1 rings (SSSR count). The van der Waals surface area contributed by atoms with Gasteiger partial charge in [-0.1, -0.05) is 24.9 Å². The van der Waals surface area contributed by atoms with Gasteiger partial charge in [0.1, 0.15) is 0 Å². The van der Waals surface area contributed by atoms with Crippen LogP contribution in [0.4, 0.5) is 0 Å². The quantitative estimate of drug-likeness (QED) is 0.737. The van der Waals surface area contributed by atoms with Crippen LogP contribution in [0.15, 0.2) is 4.52 Å². The fraction of sp³-hybridized carbons (Fsp3) is 0.700. The molecule has 0 fully saturated rings. The lowest BCUT2D eigenvalue weighted by Crippen LogP contribution is -2.40. The Morgan fingerprint density at radius 2 is 2.38 bits per heavy atom. The summed E-state index contributed by atoms with van der Waals surface area (Å²) in [6.07, 6.45) is 2.69. The minimum absolute atomic E-state index is 0.170. The Balaban J connectivity index is 2.29. The van der Waals surface area contributed by atoms with E-state index < -0.39 is 6.04 Å². The molecule has 0 aliphatic carbocycles. The largest absolute Gasteiger partial charge is 0.347 e. The van der Waals surface area contributed by atoms with Gasteiger partial charge in [0.15, 0.2) is 5.82 Å². The molecule has 0 spiro atoms. The van der Waals surface area contributed by atoms with Crippen LogP contribution in [0.1, 0.15) is 37.9 Å². The van der Waals surface area contributed by atoms with Crippen molar-refractivity contribution in [3.63, 3.8) is 0 Å². The van der Waals surface area contributed by atoms with Crippen LogP contribution in [0.3, 0.4) is 0 Å². The Labute approximate surface area is 94.6 Å². The zero-order chi connectivity index (χ0) is 12.0. The van der Waals surface area contributed by atoms with E-state index in [2.05, 4.69) is 22.4 Å². The molecule has 6 nitrogen and oxygen atoms in total. The van der Waals surface area contributed by atoms with Gasteiger partial charge in [-0.3, -0.25) is 4.79 Å². The van der Waals surface area contributed by atoms with Gasteiger partial charge in [0.05, 0.1) is 12.6 Å². The van der Waals surface area contributed by atoms with Crippen molar-refractivity contribution in [3.8, 4) is 0 Å². The van der Waals surface area contributed by atoms with Crippen molar-refractivity contribution in [1.29, 1.82) is 0 Å². The van der Waals surface area contributed by atoms with Crippen molar-refractivity contribution in [2.24, 2.45) is 5.73 Å². The fourth-order valence-corrected chi connectivity index (χ4v) is 1.27. The molecule has 0 unspecified atom stereocenters. The van der Waals surface area contributed by atoms with Crippen molar-refractivity contribution < 1.29 is 9.32 Å². The van der Waals surface area contributed by atoms with Gasteiger partial charge in [0.25, 0.3) is 0 Å². The zero-order valence-corrected chi connectivity index (χ0v) is 9.69. The molecule has 1 aromatic heterocycles. The van der Waals surface area contributed by atoms with Crippen molar-refractivity contribution in [2.75, 3.05) is 0 Å². The van der Waals surface area contributed by atoms with E-state index in [1.165, 1.54) is 0 Å². The number of rotatable bonds is 6. The van der Waals surface area contributed by atoms with E-state index >= 15 is 0 Å². The molecule has 1 amide bonds. The van der Waals surface area contributed by atoms with E-state index in [9.17, 15) is 4.79 Å². The van der Waals surface area contributed by atoms with Crippen molar-refractivity contribution >= 4 is 5.91 Å². The summed E-state index contributed by atoms with van der Waals surface area (Å²) in [6.45, 7) is 4.02. The summed E-state index contributed by atoms with van der Waals surface area (Å²) < 4.78 is 4.78. The van der Waals surface area contributed by atoms with Crippen LogP contribution in [0.2, 0.25) is 0 Å². The van der Waals surface area contributed by atoms with Gasteiger partial charge in [-0.2, -0.15) is 4.98 Å². The molecular weight excluding hydrogens is 208 g/mol. The number of carbonyl (C=O) groups is 1. The van der Waals surface area contributed by atoms with E-state index in [0.717, 1.165) is 12.8 Å². The van der Waals surface area contributed by atoms with Crippen LogP contribution in [-0.2, 0) is 11.3 Å². The number of amides is 1. The third kappa shape index (κ3) is 3.98. The number of unbranched alkanes of at least 4 members (excludes halogenated alkanes) is 1. The maximum Gasteiger partial charge on any atom is 0.237 e. The Bertz CT molecular complexity index is 337. The number of nitrogens with zero attached hydrogens (tertiary/aromatic N) is 2. The molecule has 0 saturated carbocycles. The third-order valence-electron chi connectivity index (χ3n) is 2.20. The molecule has 0 radical (unpaired) electrons. The van der Waals surface area contributed by atoms with E-state index in [1.807, 2.05) is 0 Å². The summed E-state index contributed by atoms with van der Waals surface area (Å²) >= 11 is 0. The van der Waals surface area contributed by atoms with E-state index in [4.69, 9.17) is 10.3 Å². The summed E-state index contributed by atoms with van der Waals surface area (Å²) in [6, 6.07) is -0.451. The second-order valence-electron chi connectivity index (χ2n) is 3.70. The molecule has 0 aliphatic heterocycles. The van der Waals surface area contributed by atoms with Gasteiger partial charge in [-0.05, 0) is 6.42 Å². The van der Waals surface area contributed by atoms with Gasteiger partial charge in [-0.25, -0.2) is 0 Å². The summed E-state index contributed by atoms with van der Waals surface area (Å²) in [5, 5.41) is 6.34. The summed E-state index contributed by atoms with van der Waals surface area (Å²) in [5.41, 5.74) is 5.70. The Hall–Kier alpha value is -1.43. The van der Waals surface area contributed by atoms with E-state index in [1.54, 1.807) is 6.92 Å². The van der Waals surface area contributed by atoms with Crippen molar-refractivity contribution in [1.82, 2.24) is 15.5 Å². The number of aromatic nitrogens is 2. The molecule has 6 heteroatoms. The smallest absolute Gasteiger partial charge is 0.237 e. The highest BCUT2D eigenvalue weighted by atomic mass is 16.5. The Morgan fingerprint density at radius 3 is 2.94 bits per heavy atom. The highest BCUT2D eigenvalue weighted by Gasteiger charge is 2.13. The van der Waals surface area contributed by atoms with Crippen LogP contribution in [0.5, 0.6) is 0 Å². The van der Waals surface area contributed by atoms with Crippen LogP contribution >= 0.6 is 0 Å². The van der Waals surface area contributed by atoms with Crippen LogP contribution in [0.25, 0.3) is 0 Å². The molecule has 1 heterocycles. The number of hydrogen-bond donors (Lipinski definition) is 2. The van der Waals surface area contributed by atoms with Crippen LogP contribution < -0.4 is 11.1 Å². The predicted octanol–water partition coefficient (Wildman–Crippen LogP) is 0.512. The standard InChI is InChI=1S/C10H18N4O2/c1-3-4-5-8(11)10(15)12-6-9-13-7(2)16-14-9/h8H,3-6,11H2,1-2H3,(H,12,15)/t8-/m0/s1. The lowest BCUT2D eigenvalue weighted by molar-refractivity contribution is -0.122. The minimum Gasteiger partial charge on any atom is -0.347 e. The Morgan fingerprint density at radius 1 is 1.62 bits per heavy atom. The second-order valence-corrected chi connectivity index (χ2v) is 3.70. The number of hydrogen-bond acceptors (Lipinski definition) is 5. The van der Waals surface area contributed by atoms with Gasteiger partial charge in [0.2, 0.25) is 11.8 Å². The maximum atomic E-state index is 11.5. The first-order valence-corrected chi connectivity index (χ1v) is 5.46.